The van der Waals surface area contributed by atoms with Crippen molar-refractivity contribution >= 4 is 28.6 Å². The molecule has 0 aliphatic carbocycles. The van der Waals surface area contributed by atoms with E-state index in [-0.39, 0.29) is 24.0 Å². The Bertz CT molecular complexity index is 1780. The molecule has 12 heteroatoms. The average Bonchev–Trinajstić information content (AvgIpc) is 3.62. The summed E-state index contributed by atoms with van der Waals surface area (Å²) in [6.07, 6.45) is 6.84. The molecule has 1 N–H and O–H groups in total. The second kappa shape index (κ2) is 13.0. The predicted molar refractivity (Wildman–Crippen MR) is 163 cm³/mol. The number of piperidine rings is 1. The first-order valence-corrected chi connectivity index (χ1v) is 14.9. The van der Waals surface area contributed by atoms with Crippen LogP contribution in [0.2, 0.25) is 5.02 Å². The number of halogens is 2. The number of nitrogens with zero attached hydrogens (tertiary/aromatic N) is 6. The van der Waals surface area contributed by atoms with Crippen molar-refractivity contribution < 1.29 is 23.8 Å². The molecule has 0 spiro atoms. The lowest BCUT2D eigenvalue weighted by atomic mass is 10.1. The van der Waals surface area contributed by atoms with Gasteiger partial charge in [0.15, 0.2) is 11.6 Å². The van der Waals surface area contributed by atoms with Crippen molar-refractivity contribution in [2.45, 2.75) is 52.1 Å². The number of aromatic nitrogens is 5. The number of imidazole rings is 2. The second-order valence-corrected chi connectivity index (χ2v) is 11.2. The molecule has 0 bridgehead atoms. The van der Waals surface area contributed by atoms with Crippen molar-refractivity contribution in [1.29, 1.82) is 0 Å². The van der Waals surface area contributed by atoms with E-state index >= 15 is 0 Å². The topological polar surface area (TPSA) is 108 Å². The van der Waals surface area contributed by atoms with Gasteiger partial charge in [-0.15, -0.1) is 0 Å². The van der Waals surface area contributed by atoms with Gasteiger partial charge in [0.25, 0.3) is 0 Å². The zero-order valence-corrected chi connectivity index (χ0v) is 25.0. The van der Waals surface area contributed by atoms with Crippen LogP contribution in [0.3, 0.4) is 0 Å². The Morgan fingerprint density at radius 2 is 1.98 bits per heavy atom. The van der Waals surface area contributed by atoms with E-state index in [1.807, 2.05) is 12.3 Å². The van der Waals surface area contributed by atoms with Crippen LogP contribution in [0, 0.1) is 5.82 Å². The largest absolute Gasteiger partial charge is 0.486 e. The van der Waals surface area contributed by atoms with E-state index in [1.165, 1.54) is 12.1 Å². The zero-order chi connectivity index (χ0) is 30.6. The highest BCUT2D eigenvalue weighted by Crippen LogP contribution is 2.27. The number of likely N-dealkylation sites (tertiary alicyclic amines) is 1. The Kier molecular flexibility index (Phi) is 8.76. The highest BCUT2D eigenvalue weighted by Gasteiger charge is 2.24. The van der Waals surface area contributed by atoms with Crippen LogP contribution in [0.25, 0.3) is 11.0 Å². The number of pyridine rings is 1. The van der Waals surface area contributed by atoms with Gasteiger partial charge in [0.1, 0.15) is 18.5 Å². The fourth-order valence-electron chi connectivity index (χ4n) is 5.46. The minimum atomic E-state index is -0.971. The average molecular weight is 619 g/mol. The lowest BCUT2D eigenvalue weighted by molar-refractivity contribution is 0.0697. The van der Waals surface area contributed by atoms with Crippen LogP contribution in [0.1, 0.15) is 47.2 Å². The number of fused-ring (bicyclic) bond motifs is 1. The third-order valence-corrected chi connectivity index (χ3v) is 8.07. The Hall–Kier alpha value is -4.48. The van der Waals surface area contributed by atoms with E-state index in [4.69, 9.17) is 26.1 Å². The quantitative estimate of drug-likeness (QED) is 0.198. The number of hydrogen-bond donors (Lipinski definition) is 1. The number of aryl methyl sites for hydroxylation is 1. The van der Waals surface area contributed by atoms with Gasteiger partial charge in [-0.2, -0.15) is 0 Å². The molecule has 228 valence electrons. The van der Waals surface area contributed by atoms with Gasteiger partial charge < -0.3 is 23.7 Å². The summed E-state index contributed by atoms with van der Waals surface area (Å²) in [4.78, 5) is 27.7. The maximum Gasteiger partial charge on any atom is 0.335 e. The normalized spacial score (nSPS) is 14.2. The molecule has 5 aromatic rings. The molecular formula is C32H32ClFN6O4. The Balaban J connectivity index is 1.13. The van der Waals surface area contributed by atoms with Crippen LogP contribution in [0.15, 0.2) is 67.3 Å². The summed E-state index contributed by atoms with van der Waals surface area (Å²) in [7, 11) is 0. The monoisotopic (exact) mass is 618 g/mol. The van der Waals surface area contributed by atoms with Crippen LogP contribution < -0.4 is 9.47 Å². The molecule has 4 heterocycles. The first-order chi connectivity index (χ1) is 21.4. The van der Waals surface area contributed by atoms with Gasteiger partial charge in [-0.25, -0.2) is 24.1 Å². The number of hydrogen-bond acceptors (Lipinski definition) is 7. The zero-order valence-electron chi connectivity index (χ0n) is 24.2. The second-order valence-electron chi connectivity index (χ2n) is 10.7. The summed E-state index contributed by atoms with van der Waals surface area (Å²) in [5.74, 6) is -0.0418. The molecule has 1 aliphatic heterocycles. The molecule has 0 saturated carbocycles. The van der Waals surface area contributed by atoms with E-state index < -0.39 is 11.8 Å². The van der Waals surface area contributed by atoms with E-state index in [0.717, 1.165) is 60.6 Å². The van der Waals surface area contributed by atoms with Crippen molar-refractivity contribution in [1.82, 2.24) is 29.0 Å². The minimum absolute atomic E-state index is 0.0389. The van der Waals surface area contributed by atoms with Crippen LogP contribution in [0.5, 0.6) is 11.6 Å². The Morgan fingerprint density at radius 3 is 2.75 bits per heavy atom. The first kappa shape index (κ1) is 29.6. The van der Waals surface area contributed by atoms with Gasteiger partial charge >= 0.3 is 5.97 Å². The van der Waals surface area contributed by atoms with Crippen LogP contribution >= 0.6 is 11.6 Å². The van der Waals surface area contributed by atoms with E-state index in [9.17, 15) is 14.3 Å². The summed E-state index contributed by atoms with van der Waals surface area (Å²) < 4.78 is 30.4. The highest BCUT2D eigenvalue weighted by molar-refractivity contribution is 6.30. The fraction of sp³-hybridized carbons (Fsp3) is 0.312. The molecule has 44 heavy (non-hydrogen) atoms. The lowest BCUT2D eigenvalue weighted by Gasteiger charge is -2.32. The van der Waals surface area contributed by atoms with E-state index in [1.54, 1.807) is 42.9 Å². The van der Waals surface area contributed by atoms with Crippen molar-refractivity contribution in [3.63, 3.8) is 0 Å². The van der Waals surface area contributed by atoms with Crippen LogP contribution in [0.4, 0.5) is 4.39 Å². The smallest absolute Gasteiger partial charge is 0.335 e. The maximum atomic E-state index is 14.2. The molecule has 0 radical (unpaired) electrons. The van der Waals surface area contributed by atoms with Crippen molar-refractivity contribution in [3.05, 3.63) is 101 Å². The molecule has 10 nitrogen and oxygen atoms in total. The number of benzene rings is 2. The molecule has 2 aromatic carbocycles. The number of carboxylic acids is 1. The third-order valence-electron chi connectivity index (χ3n) is 7.84. The minimum Gasteiger partial charge on any atom is -0.486 e. The first-order valence-electron chi connectivity index (χ1n) is 14.5. The predicted octanol–water partition coefficient (Wildman–Crippen LogP) is 5.81. The summed E-state index contributed by atoms with van der Waals surface area (Å²) in [5, 5.41) is 9.90. The van der Waals surface area contributed by atoms with Gasteiger partial charge in [0.05, 0.1) is 47.3 Å². The molecule has 6 rings (SSSR count). The van der Waals surface area contributed by atoms with Crippen LogP contribution in [-0.4, -0.2) is 59.3 Å². The van der Waals surface area contributed by atoms with Crippen molar-refractivity contribution in [2.24, 2.45) is 0 Å². The molecule has 1 saturated heterocycles. The number of rotatable bonds is 11. The molecule has 3 aromatic heterocycles. The molecule has 1 fully saturated rings. The summed E-state index contributed by atoms with van der Waals surface area (Å²) in [5.41, 5.74) is 3.52. The van der Waals surface area contributed by atoms with Gasteiger partial charge in [0, 0.05) is 37.1 Å². The standard InChI is InChI=1S/C32H32ClFN6O4/c1-2-39-20-35-16-24(39)17-40-28-14-21(32(41)42)5-7-27(28)37-30(40)18-38-12-9-25(10-13-38)44-31-22(4-3-11-36-31)19-43-29-8-6-23(33)15-26(29)34/h3-8,11,14-16,20,25H,2,9-10,12-13,17-19H2,1H3,(H,41,42). The summed E-state index contributed by atoms with van der Waals surface area (Å²) >= 11 is 5.85. The van der Waals surface area contributed by atoms with Crippen molar-refractivity contribution in [2.75, 3.05) is 13.1 Å². The number of carbonyl (C=O) groups is 1. The Morgan fingerprint density at radius 1 is 1.14 bits per heavy atom. The maximum absolute atomic E-state index is 14.2. The van der Waals surface area contributed by atoms with Gasteiger partial charge in [0.2, 0.25) is 5.88 Å². The van der Waals surface area contributed by atoms with Crippen molar-refractivity contribution in [3.8, 4) is 11.6 Å². The van der Waals surface area contributed by atoms with E-state index in [0.29, 0.717) is 24.0 Å². The van der Waals surface area contributed by atoms with Gasteiger partial charge in [-0.3, -0.25) is 4.90 Å². The number of ether oxygens (including phenoxy) is 2. The van der Waals surface area contributed by atoms with Crippen LogP contribution in [-0.2, 0) is 26.2 Å². The fourth-order valence-corrected chi connectivity index (χ4v) is 5.62. The summed E-state index contributed by atoms with van der Waals surface area (Å²) in [6, 6.07) is 13.0. The molecular weight excluding hydrogens is 587 g/mol. The SMILES string of the molecule is CCn1cncc1Cn1c(CN2CCC(Oc3ncccc3COc3ccc(Cl)cc3F)CC2)nc2ccc(C(=O)O)cc21. The van der Waals surface area contributed by atoms with Gasteiger partial charge in [-0.1, -0.05) is 11.6 Å². The van der Waals surface area contributed by atoms with E-state index in [2.05, 4.69) is 30.9 Å². The molecule has 1 aliphatic rings. The number of aromatic carboxylic acids is 1. The summed E-state index contributed by atoms with van der Waals surface area (Å²) in [6.45, 7) is 5.68. The number of carboxylic acid groups (broad SMARTS) is 1. The third kappa shape index (κ3) is 6.53. The lowest BCUT2D eigenvalue weighted by Crippen LogP contribution is -2.38. The molecule has 0 unspecified atom stereocenters. The molecule has 0 atom stereocenters. The molecule has 0 amide bonds. The van der Waals surface area contributed by atoms with Gasteiger partial charge in [-0.05, 0) is 68.3 Å². The highest BCUT2D eigenvalue weighted by atomic mass is 35.5. The Labute approximate surface area is 258 Å².